The number of rotatable bonds is 4. The zero-order valence-corrected chi connectivity index (χ0v) is 15.3. The molecular weight excluding hydrogens is 306 g/mol. The minimum absolute atomic E-state index is 0.0951. The van der Waals surface area contributed by atoms with Gasteiger partial charge in [-0.15, -0.1) is 0 Å². The Morgan fingerprint density at radius 3 is 2.17 bits per heavy atom. The second kappa shape index (κ2) is 6.46. The van der Waals surface area contributed by atoms with Crippen molar-refractivity contribution in [1.29, 1.82) is 0 Å². The van der Waals surface area contributed by atoms with Gasteiger partial charge in [0.2, 0.25) is 10.0 Å². The van der Waals surface area contributed by atoms with Gasteiger partial charge in [0.25, 0.3) is 0 Å². The van der Waals surface area contributed by atoms with Crippen molar-refractivity contribution >= 4 is 10.0 Å². The fraction of sp³-hybridized carbons (Fsp3) is 0.368. The van der Waals surface area contributed by atoms with Crippen LogP contribution >= 0.6 is 0 Å². The van der Waals surface area contributed by atoms with E-state index in [1.54, 1.807) is 6.07 Å². The monoisotopic (exact) mass is 331 g/mol. The SMILES string of the molecule is Cc1cc(C(C)(C)C)cc(S(=O)(=O)NCc2ccccc2)c1C. The van der Waals surface area contributed by atoms with Gasteiger partial charge in [-0.1, -0.05) is 57.2 Å². The van der Waals surface area contributed by atoms with Gasteiger partial charge in [0.05, 0.1) is 4.90 Å². The van der Waals surface area contributed by atoms with E-state index in [-0.39, 0.29) is 5.41 Å². The van der Waals surface area contributed by atoms with Crippen LogP contribution in [0, 0.1) is 13.8 Å². The molecule has 0 aromatic heterocycles. The van der Waals surface area contributed by atoms with Crippen molar-refractivity contribution in [2.45, 2.75) is 51.5 Å². The molecule has 2 aromatic carbocycles. The fourth-order valence-electron chi connectivity index (χ4n) is 2.39. The standard InChI is InChI=1S/C19H25NO2S/c1-14-11-17(19(3,4)5)12-18(15(14)2)23(21,22)20-13-16-9-7-6-8-10-16/h6-12,20H,13H2,1-5H3. The molecule has 2 aromatic rings. The summed E-state index contributed by atoms with van der Waals surface area (Å²) in [5.74, 6) is 0. The smallest absolute Gasteiger partial charge is 0.207 e. The molecule has 0 aliphatic carbocycles. The lowest BCUT2D eigenvalue weighted by molar-refractivity contribution is 0.574. The van der Waals surface area contributed by atoms with Gasteiger partial charge in [-0.05, 0) is 47.6 Å². The highest BCUT2D eigenvalue weighted by molar-refractivity contribution is 7.89. The first kappa shape index (κ1) is 17.7. The summed E-state index contributed by atoms with van der Waals surface area (Å²) in [4.78, 5) is 0.373. The molecule has 0 aliphatic rings. The number of hydrogen-bond acceptors (Lipinski definition) is 2. The fourth-order valence-corrected chi connectivity index (χ4v) is 3.75. The topological polar surface area (TPSA) is 46.2 Å². The third-order valence-electron chi connectivity index (χ3n) is 4.08. The number of nitrogens with one attached hydrogen (secondary N) is 1. The largest absolute Gasteiger partial charge is 0.241 e. The van der Waals surface area contributed by atoms with Crippen LogP contribution in [-0.4, -0.2) is 8.42 Å². The molecule has 3 nitrogen and oxygen atoms in total. The molecule has 0 amide bonds. The van der Waals surface area contributed by atoms with Crippen LogP contribution in [0.3, 0.4) is 0 Å². The van der Waals surface area contributed by atoms with E-state index >= 15 is 0 Å². The molecule has 0 fully saturated rings. The normalized spacial score (nSPS) is 12.4. The third kappa shape index (κ3) is 4.21. The Hall–Kier alpha value is -1.65. The maximum Gasteiger partial charge on any atom is 0.241 e. The maximum absolute atomic E-state index is 12.7. The second-order valence-electron chi connectivity index (χ2n) is 6.98. The van der Waals surface area contributed by atoms with Gasteiger partial charge < -0.3 is 0 Å². The van der Waals surface area contributed by atoms with E-state index in [1.807, 2.05) is 44.2 Å². The summed E-state index contributed by atoms with van der Waals surface area (Å²) in [6.07, 6.45) is 0. The molecule has 0 saturated carbocycles. The molecule has 1 N–H and O–H groups in total. The minimum Gasteiger partial charge on any atom is -0.207 e. The quantitative estimate of drug-likeness (QED) is 0.917. The lowest BCUT2D eigenvalue weighted by atomic mass is 9.85. The van der Waals surface area contributed by atoms with E-state index in [4.69, 9.17) is 0 Å². The Labute approximate surface area is 139 Å². The molecule has 0 aliphatic heterocycles. The molecular formula is C19H25NO2S. The highest BCUT2D eigenvalue weighted by Gasteiger charge is 2.22. The van der Waals surface area contributed by atoms with E-state index < -0.39 is 10.0 Å². The Morgan fingerprint density at radius 1 is 1.00 bits per heavy atom. The maximum atomic E-state index is 12.7. The van der Waals surface area contributed by atoms with Crippen molar-refractivity contribution in [1.82, 2.24) is 4.72 Å². The van der Waals surface area contributed by atoms with Gasteiger partial charge in [-0.2, -0.15) is 0 Å². The number of sulfonamides is 1. The zero-order valence-electron chi connectivity index (χ0n) is 14.5. The van der Waals surface area contributed by atoms with Crippen LogP contribution in [0.15, 0.2) is 47.4 Å². The summed E-state index contributed by atoms with van der Waals surface area (Å²) < 4.78 is 28.2. The Kier molecular flexibility index (Phi) is 4.97. The van der Waals surface area contributed by atoms with Crippen LogP contribution in [-0.2, 0) is 22.0 Å². The van der Waals surface area contributed by atoms with Gasteiger partial charge in [-0.3, -0.25) is 0 Å². The summed E-state index contributed by atoms with van der Waals surface area (Å²) >= 11 is 0. The van der Waals surface area contributed by atoms with Crippen LogP contribution in [0.1, 0.15) is 43.0 Å². The van der Waals surface area contributed by atoms with E-state index in [9.17, 15) is 8.42 Å². The molecule has 0 atom stereocenters. The molecule has 0 saturated heterocycles. The van der Waals surface area contributed by atoms with Crippen molar-refractivity contribution in [2.75, 3.05) is 0 Å². The first-order chi connectivity index (χ1) is 10.6. The van der Waals surface area contributed by atoms with Gasteiger partial charge in [0.1, 0.15) is 0 Å². The van der Waals surface area contributed by atoms with Crippen LogP contribution in [0.25, 0.3) is 0 Å². The van der Waals surface area contributed by atoms with Gasteiger partial charge in [0.15, 0.2) is 0 Å². The number of benzene rings is 2. The highest BCUT2D eigenvalue weighted by Crippen LogP contribution is 2.29. The average Bonchev–Trinajstić information content (AvgIpc) is 2.47. The van der Waals surface area contributed by atoms with Crippen LogP contribution in [0.5, 0.6) is 0 Å². The van der Waals surface area contributed by atoms with E-state index in [0.717, 1.165) is 22.3 Å². The summed E-state index contributed by atoms with van der Waals surface area (Å²) in [6, 6.07) is 13.4. The molecule has 0 spiro atoms. The molecule has 4 heteroatoms. The van der Waals surface area contributed by atoms with E-state index in [0.29, 0.717) is 11.4 Å². The number of hydrogen-bond donors (Lipinski definition) is 1. The van der Waals surface area contributed by atoms with Gasteiger partial charge >= 0.3 is 0 Å². The van der Waals surface area contributed by atoms with Crippen molar-refractivity contribution in [3.8, 4) is 0 Å². The van der Waals surface area contributed by atoms with E-state index in [2.05, 4.69) is 31.6 Å². The lowest BCUT2D eigenvalue weighted by Gasteiger charge is -2.22. The third-order valence-corrected chi connectivity index (χ3v) is 5.61. The molecule has 0 bridgehead atoms. The average molecular weight is 331 g/mol. The lowest BCUT2D eigenvalue weighted by Crippen LogP contribution is -2.25. The van der Waals surface area contributed by atoms with Crippen molar-refractivity contribution in [3.63, 3.8) is 0 Å². The van der Waals surface area contributed by atoms with Crippen molar-refractivity contribution < 1.29 is 8.42 Å². The van der Waals surface area contributed by atoms with Crippen LogP contribution in [0.2, 0.25) is 0 Å². The summed E-state index contributed by atoms with van der Waals surface area (Å²) in [5, 5.41) is 0. The Morgan fingerprint density at radius 2 is 1.61 bits per heavy atom. The van der Waals surface area contributed by atoms with Crippen molar-refractivity contribution in [2.24, 2.45) is 0 Å². The molecule has 0 radical (unpaired) electrons. The molecule has 0 heterocycles. The minimum atomic E-state index is -3.54. The van der Waals surface area contributed by atoms with Crippen LogP contribution in [0.4, 0.5) is 0 Å². The summed E-state index contributed by atoms with van der Waals surface area (Å²) in [6.45, 7) is 10.4. The predicted molar refractivity (Wildman–Crippen MR) is 95.1 cm³/mol. The molecule has 23 heavy (non-hydrogen) atoms. The van der Waals surface area contributed by atoms with Gasteiger partial charge in [-0.25, -0.2) is 13.1 Å². The molecule has 2 rings (SSSR count). The number of aryl methyl sites for hydroxylation is 1. The molecule has 0 unspecified atom stereocenters. The summed E-state index contributed by atoms with van der Waals surface area (Å²) in [5.41, 5.74) is 3.68. The highest BCUT2D eigenvalue weighted by atomic mass is 32.2. The van der Waals surface area contributed by atoms with E-state index in [1.165, 1.54) is 0 Å². The Balaban J connectivity index is 2.37. The zero-order chi connectivity index (χ0) is 17.3. The second-order valence-corrected chi connectivity index (χ2v) is 8.71. The Bertz CT molecular complexity index is 788. The molecule has 124 valence electrons. The summed E-state index contributed by atoms with van der Waals surface area (Å²) in [7, 11) is -3.54. The predicted octanol–water partition coefficient (Wildman–Crippen LogP) is 4.08. The first-order valence-electron chi connectivity index (χ1n) is 7.76. The van der Waals surface area contributed by atoms with Crippen LogP contribution < -0.4 is 4.72 Å². The van der Waals surface area contributed by atoms with Crippen molar-refractivity contribution in [3.05, 3.63) is 64.7 Å². The van der Waals surface area contributed by atoms with Gasteiger partial charge in [0, 0.05) is 6.54 Å². The first-order valence-corrected chi connectivity index (χ1v) is 9.25.